The summed E-state index contributed by atoms with van der Waals surface area (Å²) >= 11 is 0. The molecular weight excluding hydrogens is 330 g/mol. The van der Waals surface area contributed by atoms with Crippen LogP contribution in [-0.2, 0) is 22.6 Å². The number of piperidine rings is 1. The van der Waals surface area contributed by atoms with Crippen molar-refractivity contribution in [3.8, 4) is 0 Å². The first-order valence-corrected chi connectivity index (χ1v) is 9.21. The molecule has 6 heteroatoms. The Morgan fingerprint density at radius 1 is 1.15 bits per heavy atom. The quantitative estimate of drug-likeness (QED) is 0.843. The second-order valence-corrected chi connectivity index (χ2v) is 7.35. The highest BCUT2D eigenvalue weighted by atomic mass is 16.5. The molecule has 138 valence electrons. The van der Waals surface area contributed by atoms with E-state index in [4.69, 9.17) is 9.15 Å². The van der Waals surface area contributed by atoms with Gasteiger partial charge in [0, 0.05) is 18.8 Å². The summed E-state index contributed by atoms with van der Waals surface area (Å²) < 4.78 is 11.5. The molecule has 2 aliphatic rings. The van der Waals surface area contributed by atoms with Crippen LogP contribution < -0.4 is 0 Å². The monoisotopic (exact) mass is 355 g/mol. The first-order chi connectivity index (χ1) is 12.6. The minimum absolute atomic E-state index is 0.0527. The summed E-state index contributed by atoms with van der Waals surface area (Å²) in [7, 11) is 0. The molecule has 1 amide bonds. The van der Waals surface area contributed by atoms with Crippen molar-refractivity contribution in [2.24, 2.45) is 0 Å². The topological polar surface area (TPSA) is 58.8 Å². The molecule has 0 saturated carbocycles. The van der Waals surface area contributed by atoms with Crippen LogP contribution in [0.3, 0.4) is 0 Å². The van der Waals surface area contributed by atoms with Crippen LogP contribution in [0.2, 0.25) is 0 Å². The highest BCUT2D eigenvalue weighted by Gasteiger charge is 2.42. The minimum Gasteiger partial charge on any atom is -0.468 e. The average Bonchev–Trinajstić information content (AvgIpc) is 3.14. The molecule has 0 unspecified atom stereocenters. The van der Waals surface area contributed by atoms with E-state index in [0.29, 0.717) is 13.1 Å². The zero-order chi connectivity index (χ0) is 18.0. The average molecular weight is 355 g/mol. The van der Waals surface area contributed by atoms with Gasteiger partial charge in [-0.2, -0.15) is 0 Å². The second kappa shape index (κ2) is 7.21. The van der Waals surface area contributed by atoms with E-state index >= 15 is 0 Å². The summed E-state index contributed by atoms with van der Waals surface area (Å²) in [4.78, 5) is 21.2. The number of pyridine rings is 1. The van der Waals surface area contributed by atoms with Gasteiger partial charge in [0.25, 0.3) is 0 Å². The normalized spacial score (nSPS) is 20.7. The Kier molecular flexibility index (Phi) is 4.78. The van der Waals surface area contributed by atoms with Crippen molar-refractivity contribution in [1.82, 2.24) is 14.8 Å². The van der Waals surface area contributed by atoms with Gasteiger partial charge >= 0.3 is 0 Å². The summed E-state index contributed by atoms with van der Waals surface area (Å²) in [6.45, 7) is 6.08. The maximum atomic E-state index is 12.3. The van der Waals surface area contributed by atoms with Crippen molar-refractivity contribution < 1.29 is 13.9 Å². The largest absolute Gasteiger partial charge is 0.468 e. The lowest BCUT2D eigenvalue weighted by atomic mass is 9.89. The number of carbonyl (C=O) groups excluding carboxylic acids is 1. The van der Waals surface area contributed by atoms with Crippen LogP contribution in [0.1, 0.15) is 30.0 Å². The van der Waals surface area contributed by atoms with Crippen LogP contribution >= 0.6 is 0 Å². The Morgan fingerprint density at radius 3 is 2.73 bits per heavy atom. The van der Waals surface area contributed by atoms with Crippen LogP contribution in [-0.4, -0.2) is 52.5 Å². The molecule has 0 radical (unpaired) electrons. The molecule has 0 bridgehead atoms. The number of likely N-dealkylation sites (tertiary alicyclic amines) is 1. The van der Waals surface area contributed by atoms with E-state index in [0.717, 1.165) is 49.6 Å². The SMILES string of the molecule is Cc1cccc(CN2CC3(CCN(Cc4ccco4)CC3)OCC2=O)n1. The van der Waals surface area contributed by atoms with Gasteiger partial charge in [-0.1, -0.05) is 6.07 Å². The van der Waals surface area contributed by atoms with E-state index in [2.05, 4.69) is 9.88 Å². The third-order valence-electron chi connectivity index (χ3n) is 5.36. The van der Waals surface area contributed by atoms with E-state index in [-0.39, 0.29) is 18.1 Å². The lowest BCUT2D eigenvalue weighted by Crippen LogP contribution is -2.58. The number of ether oxygens (including phenoxy) is 1. The standard InChI is InChI=1S/C20H25N3O3/c1-16-4-2-5-17(21-16)12-23-15-20(26-14-19(23)24)7-9-22(10-8-20)13-18-6-3-11-25-18/h2-6,11H,7-10,12-15H2,1H3. The van der Waals surface area contributed by atoms with Gasteiger partial charge in [0.15, 0.2) is 0 Å². The molecular formula is C20H25N3O3. The maximum Gasteiger partial charge on any atom is 0.249 e. The molecule has 0 N–H and O–H groups in total. The number of aryl methyl sites for hydroxylation is 1. The summed E-state index contributed by atoms with van der Waals surface area (Å²) in [6.07, 6.45) is 3.57. The smallest absolute Gasteiger partial charge is 0.249 e. The fraction of sp³-hybridized carbons (Fsp3) is 0.500. The number of aromatic nitrogens is 1. The Bertz CT molecular complexity index is 751. The lowest BCUT2D eigenvalue weighted by molar-refractivity contribution is -0.173. The van der Waals surface area contributed by atoms with E-state index in [1.54, 1.807) is 6.26 Å². The van der Waals surface area contributed by atoms with Crippen LogP contribution in [0.15, 0.2) is 41.0 Å². The van der Waals surface area contributed by atoms with Crippen LogP contribution in [0.25, 0.3) is 0 Å². The van der Waals surface area contributed by atoms with Gasteiger partial charge in [0.05, 0.1) is 37.2 Å². The summed E-state index contributed by atoms with van der Waals surface area (Å²) in [5, 5.41) is 0. The Balaban J connectivity index is 1.37. The van der Waals surface area contributed by atoms with Crippen molar-refractivity contribution in [3.05, 3.63) is 53.7 Å². The molecule has 0 aliphatic carbocycles. The van der Waals surface area contributed by atoms with E-state index in [1.165, 1.54) is 0 Å². The first kappa shape index (κ1) is 17.2. The fourth-order valence-corrected chi connectivity index (χ4v) is 3.86. The molecule has 6 nitrogen and oxygen atoms in total. The Hall–Kier alpha value is -2.18. The van der Waals surface area contributed by atoms with E-state index in [9.17, 15) is 4.79 Å². The molecule has 0 atom stereocenters. The zero-order valence-corrected chi connectivity index (χ0v) is 15.2. The third kappa shape index (κ3) is 3.81. The molecule has 26 heavy (non-hydrogen) atoms. The van der Waals surface area contributed by atoms with Gasteiger partial charge in [-0.05, 0) is 44.0 Å². The van der Waals surface area contributed by atoms with Gasteiger partial charge in [-0.15, -0.1) is 0 Å². The summed E-state index contributed by atoms with van der Waals surface area (Å²) in [5.41, 5.74) is 1.69. The number of morpholine rings is 1. The Labute approximate surface area is 153 Å². The number of nitrogens with zero attached hydrogens (tertiary/aromatic N) is 3. The number of rotatable bonds is 4. The van der Waals surface area contributed by atoms with Gasteiger partial charge in [0.2, 0.25) is 5.91 Å². The molecule has 2 aromatic rings. The van der Waals surface area contributed by atoms with Crippen molar-refractivity contribution in [3.63, 3.8) is 0 Å². The maximum absolute atomic E-state index is 12.3. The van der Waals surface area contributed by atoms with Gasteiger partial charge in [-0.3, -0.25) is 14.7 Å². The molecule has 1 spiro atoms. The van der Waals surface area contributed by atoms with Gasteiger partial charge in [-0.25, -0.2) is 0 Å². The summed E-state index contributed by atoms with van der Waals surface area (Å²) in [5.74, 6) is 1.05. The minimum atomic E-state index is -0.225. The molecule has 4 heterocycles. The van der Waals surface area contributed by atoms with Crippen molar-refractivity contribution in [2.75, 3.05) is 26.2 Å². The third-order valence-corrected chi connectivity index (χ3v) is 5.36. The lowest BCUT2D eigenvalue weighted by Gasteiger charge is -2.46. The van der Waals surface area contributed by atoms with Crippen LogP contribution in [0.4, 0.5) is 0 Å². The summed E-state index contributed by atoms with van der Waals surface area (Å²) in [6, 6.07) is 9.88. The number of amides is 1. The number of hydrogen-bond acceptors (Lipinski definition) is 5. The predicted molar refractivity (Wildman–Crippen MR) is 96.3 cm³/mol. The van der Waals surface area contributed by atoms with E-state index in [1.807, 2.05) is 42.2 Å². The Morgan fingerprint density at radius 2 is 2.00 bits per heavy atom. The van der Waals surface area contributed by atoms with Crippen LogP contribution in [0, 0.1) is 6.92 Å². The highest BCUT2D eigenvalue weighted by molar-refractivity contribution is 5.78. The number of hydrogen-bond donors (Lipinski definition) is 0. The first-order valence-electron chi connectivity index (χ1n) is 9.21. The van der Waals surface area contributed by atoms with Crippen molar-refractivity contribution in [2.45, 2.75) is 38.5 Å². The number of furan rings is 1. The van der Waals surface area contributed by atoms with Crippen molar-refractivity contribution >= 4 is 5.91 Å². The highest BCUT2D eigenvalue weighted by Crippen LogP contribution is 2.31. The fourth-order valence-electron chi connectivity index (χ4n) is 3.86. The molecule has 0 aromatic carbocycles. The molecule has 2 aliphatic heterocycles. The predicted octanol–water partition coefficient (Wildman–Crippen LogP) is 2.38. The van der Waals surface area contributed by atoms with Gasteiger partial charge in [0.1, 0.15) is 12.4 Å². The molecule has 2 aromatic heterocycles. The number of carbonyl (C=O) groups is 1. The van der Waals surface area contributed by atoms with E-state index < -0.39 is 0 Å². The van der Waals surface area contributed by atoms with Crippen LogP contribution in [0.5, 0.6) is 0 Å². The molecule has 2 fully saturated rings. The molecule has 4 rings (SSSR count). The zero-order valence-electron chi connectivity index (χ0n) is 15.2. The second-order valence-electron chi connectivity index (χ2n) is 7.35. The van der Waals surface area contributed by atoms with Gasteiger partial charge < -0.3 is 14.1 Å². The van der Waals surface area contributed by atoms with Crippen molar-refractivity contribution in [1.29, 1.82) is 0 Å². The molecule has 2 saturated heterocycles.